The first-order valence-electron chi connectivity index (χ1n) is 12.8. The van der Waals surface area contributed by atoms with Crippen LogP contribution in [0.2, 0.25) is 5.02 Å². The number of ketones is 1. The highest BCUT2D eigenvalue weighted by atomic mass is 35.5. The summed E-state index contributed by atoms with van der Waals surface area (Å²) < 4.78 is 17.0. The van der Waals surface area contributed by atoms with E-state index in [1.165, 1.54) is 42.2 Å². The van der Waals surface area contributed by atoms with E-state index in [-0.39, 0.29) is 16.5 Å². The van der Waals surface area contributed by atoms with Crippen LogP contribution in [0.1, 0.15) is 29.7 Å². The van der Waals surface area contributed by atoms with Gasteiger partial charge in [0.05, 0.1) is 32.4 Å². The molecule has 0 saturated carbocycles. The van der Waals surface area contributed by atoms with Crippen LogP contribution in [-0.4, -0.2) is 47.8 Å². The van der Waals surface area contributed by atoms with E-state index in [0.717, 1.165) is 5.56 Å². The van der Waals surface area contributed by atoms with Crippen LogP contribution in [0.4, 0.5) is 5.13 Å². The maximum absolute atomic E-state index is 13.6. The molecule has 0 bridgehead atoms. The van der Waals surface area contributed by atoms with Crippen molar-refractivity contribution < 1.29 is 28.9 Å². The van der Waals surface area contributed by atoms with Crippen molar-refractivity contribution >= 4 is 57.3 Å². The topological polar surface area (TPSA) is 111 Å². The van der Waals surface area contributed by atoms with Gasteiger partial charge in [0.15, 0.2) is 15.8 Å². The van der Waals surface area contributed by atoms with Crippen LogP contribution in [0.25, 0.3) is 5.76 Å². The summed E-state index contributed by atoms with van der Waals surface area (Å²) in [5.41, 5.74) is 1.72. The molecule has 1 aliphatic heterocycles. The number of anilines is 1. The SMILES string of the molecule is CCOc1ccc(/C(O)=C2/C(=O)C(=O)N(c3nnc(SCc4ccccc4Cl)s3)C2c2ccc(OC)c(OC)c2)cc1. The second kappa shape index (κ2) is 12.8. The molecule has 0 spiro atoms. The number of nitrogens with zero attached hydrogens (tertiary/aromatic N) is 3. The Morgan fingerprint density at radius 1 is 1.02 bits per heavy atom. The number of Topliss-reactive ketones (excluding diaryl/α,β-unsaturated/α-hetero) is 1. The molecular weight excluding hydrogens is 598 g/mol. The lowest BCUT2D eigenvalue weighted by atomic mass is 9.95. The fraction of sp³-hybridized carbons (Fsp3) is 0.200. The molecule has 1 fully saturated rings. The normalized spacial score (nSPS) is 16.1. The van der Waals surface area contributed by atoms with Crippen molar-refractivity contribution in [3.63, 3.8) is 0 Å². The molecule has 3 aromatic carbocycles. The summed E-state index contributed by atoms with van der Waals surface area (Å²) in [6.45, 7) is 2.35. The lowest BCUT2D eigenvalue weighted by Crippen LogP contribution is -2.29. The fourth-order valence-electron chi connectivity index (χ4n) is 4.51. The Labute approximate surface area is 255 Å². The Hall–Kier alpha value is -4.06. The molecule has 0 aliphatic carbocycles. The monoisotopic (exact) mass is 623 g/mol. The van der Waals surface area contributed by atoms with Crippen LogP contribution in [0.15, 0.2) is 76.6 Å². The fourth-order valence-corrected chi connectivity index (χ4v) is 6.67. The smallest absolute Gasteiger partial charge is 0.301 e. The quantitative estimate of drug-likeness (QED) is 0.0693. The Kier molecular flexibility index (Phi) is 9.00. The average molecular weight is 624 g/mol. The zero-order valence-electron chi connectivity index (χ0n) is 22.9. The Morgan fingerprint density at radius 2 is 1.76 bits per heavy atom. The molecule has 4 aromatic rings. The number of benzene rings is 3. The Bertz CT molecular complexity index is 1660. The summed E-state index contributed by atoms with van der Waals surface area (Å²) in [4.78, 5) is 28.4. The van der Waals surface area contributed by atoms with Crippen LogP contribution >= 0.6 is 34.7 Å². The number of thioether (sulfide) groups is 1. The molecule has 5 rings (SSSR count). The van der Waals surface area contributed by atoms with Crippen molar-refractivity contribution in [3.8, 4) is 17.2 Å². The number of rotatable bonds is 10. The standard InChI is InChI=1S/C30H26ClN3O6S2/c1-4-40-20-12-9-17(10-13-20)26(35)24-25(18-11-14-22(38-2)23(15-18)39-3)34(28(37)27(24)36)29-32-33-30(42-29)41-16-19-7-5-6-8-21(19)31/h5-15,25,35H,4,16H2,1-3H3/b26-24-. The van der Waals surface area contributed by atoms with Crippen LogP contribution in [0.3, 0.4) is 0 Å². The highest BCUT2D eigenvalue weighted by Gasteiger charge is 2.48. The average Bonchev–Trinajstić information content (AvgIpc) is 3.58. The van der Waals surface area contributed by atoms with Crippen molar-refractivity contribution in [1.29, 1.82) is 0 Å². The van der Waals surface area contributed by atoms with E-state index < -0.39 is 17.7 Å². The third kappa shape index (κ3) is 5.80. The maximum atomic E-state index is 13.6. The summed E-state index contributed by atoms with van der Waals surface area (Å²) >= 11 is 8.88. The van der Waals surface area contributed by atoms with Gasteiger partial charge in [-0.3, -0.25) is 14.5 Å². The van der Waals surface area contributed by atoms with E-state index in [2.05, 4.69) is 10.2 Å². The molecule has 1 saturated heterocycles. The first-order valence-corrected chi connectivity index (χ1v) is 15.0. The van der Waals surface area contributed by atoms with Gasteiger partial charge in [-0.2, -0.15) is 0 Å². The van der Waals surface area contributed by atoms with Crippen LogP contribution in [-0.2, 0) is 15.3 Å². The Balaban J connectivity index is 1.57. The van der Waals surface area contributed by atoms with Crippen molar-refractivity contribution in [2.24, 2.45) is 0 Å². The number of halogens is 1. The van der Waals surface area contributed by atoms with Gasteiger partial charge >= 0.3 is 5.91 Å². The lowest BCUT2D eigenvalue weighted by Gasteiger charge is -2.23. The van der Waals surface area contributed by atoms with Crippen molar-refractivity contribution in [2.75, 3.05) is 25.7 Å². The van der Waals surface area contributed by atoms with Crippen LogP contribution in [0, 0.1) is 0 Å². The molecule has 1 aromatic heterocycles. The van der Waals surface area contributed by atoms with Crippen molar-refractivity contribution in [1.82, 2.24) is 10.2 Å². The van der Waals surface area contributed by atoms with Crippen LogP contribution < -0.4 is 19.1 Å². The number of aliphatic hydroxyl groups excluding tert-OH is 1. The molecular formula is C30H26ClN3O6S2. The van der Waals surface area contributed by atoms with Gasteiger partial charge in [0.25, 0.3) is 5.78 Å². The number of carbonyl (C=O) groups is 2. The molecule has 1 unspecified atom stereocenters. The minimum Gasteiger partial charge on any atom is -0.507 e. The van der Waals surface area contributed by atoms with E-state index in [1.807, 2.05) is 31.2 Å². The highest BCUT2D eigenvalue weighted by Crippen LogP contribution is 2.45. The lowest BCUT2D eigenvalue weighted by molar-refractivity contribution is -0.132. The van der Waals surface area contributed by atoms with Gasteiger partial charge in [-0.15, -0.1) is 10.2 Å². The minimum absolute atomic E-state index is 0.0862. The molecule has 216 valence electrons. The number of hydrogen-bond acceptors (Lipinski definition) is 10. The van der Waals surface area contributed by atoms with E-state index in [1.54, 1.807) is 42.5 Å². The largest absolute Gasteiger partial charge is 0.507 e. The van der Waals surface area contributed by atoms with Gasteiger partial charge in [-0.1, -0.05) is 59.0 Å². The van der Waals surface area contributed by atoms with Crippen molar-refractivity contribution in [2.45, 2.75) is 23.1 Å². The van der Waals surface area contributed by atoms with E-state index in [9.17, 15) is 14.7 Å². The molecule has 12 heteroatoms. The molecule has 1 atom stereocenters. The zero-order chi connectivity index (χ0) is 29.8. The van der Waals surface area contributed by atoms with Gasteiger partial charge in [-0.25, -0.2) is 0 Å². The summed E-state index contributed by atoms with van der Waals surface area (Å²) in [5, 5.41) is 20.8. The number of carbonyl (C=O) groups excluding carboxylic acids is 2. The molecule has 1 N–H and O–H groups in total. The summed E-state index contributed by atoms with van der Waals surface area (Å²) in [6, 6.07) is 18.2. The number of methoxy groups -OCH3 is 2. The highest BCUT2D eigenvalue weighted by molar-refractivity contribution is 8.00. The van der Waals surface area contributed by atoms with Gasteiger partial charge in [0.1, 0.15) is 11.5 Å². The first kappa shape index (κ1) is 29.4. The number of amides is 1. The molecule has 9 nitrogen and oxygen atoms in total. The van der Waals surface area contributed by atoms with E-state index >= 15 is 0 Å². The van der Waals surface area contributed by atoms with E-state index in [4.69, 9.17) is 25.8 Å². The molecule has 2 heterocycles. The summed E-state index contributed by atoms with van der Waals surface area (Å²) in [7, 11) is 3.00. The van der Waals surface area contributed by atoms with Gasteiger partial charge in [-0.05, 0) is 60.5 Å². The number of hydrogen-bond donors (Lipinski definition) is 1. The minimum atomic E-state index is -1.01. The predicted octanol–water partition coefficient (Wildman–Crippen LogP) is 6.53. The third-order valence-electron chi connectivity index (χ3n) is 6.52. The summed E-state index contributed by atoms with van der Waals surface area (Å²) in [6.07, 6.45) is 0. The van der Waals surface area contributed by atoms with Gasteiger partial charge in [0.2, 0.25) is 5.13 Å². The van der Waals surface area contributed by atoms with Crippen LogP contribution in [0.5, 0.6) is 17.2 Å². The third-order valence-corrected chi connectivity index (χ3v) is 8.99. The number of aliphatic hydroxyl groups is 1. The second-order valence-electron chi connectivity index (χ2n) is 8.97. The Morgan fingerprint density at radius 3 is 2.45 bits per heavy atom. The number of aromatic nitrogens is 2. The van der Waals surface area contributed by atoms with Gasteiger partial charge in [0, 0.05) is 16.3 Å². The summed E-state index contributed by atoms with van der Waals surface area (Å²) in [5.74, 6) is 0.0268. The zero-order valence-corrected chi connectivity index (χ0v) is 25.3. The molecule has 0 radical (unpaired) electrons. The molecule has 1 amide bonds. The molecule has 1 aliphatic rings. The number of ether oxygens (including phenoxy) is 3. The van der Waals surface area contributed by atoms with Gasteiger partial charge < -0.3 is 19.3 Å². The predicted molar refractivity (Wildman–Crippen MR) is 163 cm³/mol. The van der Waals surface area contributed by atoms with Crippen molar-refractivity contribution in [3.05, 3.63) is 94.0 Å². The maximum Gasteiger partial charge on any atom is 0.301 e. The van der Waals surface area contributed by atoms with E-state index in [0.29, 0.717) is 50.1 Å². The first-order chi connectivity index (χ1) is 20.4. The molecule has 42 heavy (non-hydrogen) atoms. The second-order valence-corrected chi connectivity index (χ2v) is 11.6.